The number of fused-ring (bicyclic) bond motifs is 1. The Bertz CT molecular complexity index is 697. The van der Waals surface area contributed by atoms with Crippen molar-refractivity contribution in [2.75, 3.05) is 6.61 Å². The molecule has 0 aliphatic heterocycles. The lowest BCUT2D eigenvalue weighted by Crippen LogP contribution is -2.09. The molecule has 0 atom stereocenters. The highest BCUT2D eigenvalue weighted by atomic mass is 16.5. The van der Waals surface area contributed by atoms with Crippen LogP contribution in [0.3, 0.4) is 0 Å². The van der Waals surface area contributed by atoms with Gasteiger partial charge in [0.2, 0.25) is 0 Å². The van der Waals surface area contributed by atoms with Crippen LogP contribution in [0.1, 0.15) is 58.2 Å². The molecule has 0 radical (unpaired) electrons. The molecule has 24 heavy (non-hydrogen) atoms. The maximum Gasteiger partial charge on any atom is 0.303 e. The Morgan fingerprint density at radius 2 is 2.08 bits per heavy atom. The van der Waals surface area contributed by atoms with Crippen molar-refractivity contribution in [2.24, 2.45) is 5.41 Å². The number of aromatic nitrogens is 1. The summed E-state index contributed by atoms with van der Waals surface area (Å²) in [6.07, 6.45) is 3.27. The van der Waals surface area contributed by atoms with Gasteiger partial charge in [-0.05, 0) is 36.8 Å². The van der Waals surface area contributed by atoms with Crippen molar-refractivity contribution < 1.29 is 19.2 Å². The standard InChI is InChI=1S/C19H27NO4/c1-5-7-14-16(23-11-6-8-17(21)22)10-9-13-15(12-19(2,3)4)20-24-18(13)14/h9-10H,5-8,11-12H2,1-4H3,(H,21,22). The molecule has 0 saturated carbocycles. The Balaban J connectivity index is 2.26. The summed E-state index contributed by atoms with van der Waals surface area (Å²) in [5, 5.41) is 14.0. The van der Waals surface area contributed by atoms with Gasteiger partial charge in [0.15, 0.2) is 5.58 Å². The van der Waals surface area contributed by atoms with E-state index >= 15 is 0 Å². The van der Waals surface area contributed by atoms with Gasteiger partial charge in [0.25, 0.3) is 0 Å². The van der Waals surface area contributed by atoms with Gasteiger partial charge in [-0.2, -0.15) is 0 Å². The van der Waals surface area contributed by atoms with Crippen LogP contribution in [-0.4, -0.2) is 22.8 Å². The zero-order valence-electron chi connectivity index (χ0n) is 15.0. The van der Waals surface area contributed by atoms with Crippen LogP contribution in [0, 0.1) is 5.41 Å². The number of aryl methyl sites for hydroxylation is 1. The topological polar surface area (TPSA) is 72.6 Å². The average molecular weight is 333 g/mol. The van der Waals surface area contributed by atoms with Crippen LogP contribution in [-0.2, 0) is 17.6 Å². The highest BCUT2D eigenvalue weighted by molar-refractivity contribution is 5.84. The molecule has 1 heterocycles. The maximum atomic E-state index is 10.6. The number of hydrogen-bond donors (Lipinski definition) is 1. The zero-order chi connectivity index (χ0) is 17.7. The molecule has 0 bridgehead atoms. The summed E-state index contributed by atoms with van der Waals surface area (Å²) < 4.78 is 11.4. The third-order valence-corrected chi connectivity index (χ3v) is 3.77. The first kappa shape index (κ1) is 18.3. The van der Waals surface area contributed by atoms with Crippen molar-refractivity contribution >= 4 is 16.9 Å². The van der Waals surface area contributed by atoms with Crippen molar-refractivity contribution in [2.45, 2.75) is 59.8 Å². The summed E-state index contributed by atoms with van der Waals surface area (Å²) in [6.45, 7) is 9.04. The van der Waals surface area contributed by atoms with Gasteiger partial charge in [-0.15, -0.1) is 0 Å². The average Bonchev–Trinajstić information content (AvgIpc) is 2.86. The lowest BCUT2D eigenvalue weighted by molar-refractivity contribution is -0.137. The van der Waals surface area contributed by atoms with E-state index in [9.17, 15) is 4.79 Å². The summed E-state index contributed by atoms with van der Waals surface area (Å²) in [7, 11) is 0. The largest absolute Gasteiger partial charge is 0.493 e. The number of carboxylic acid groups (broad SMARTS) is 1. The smallest absolute Gasteiger partial charge is 0.303 e. The van der Waals surface area contributed by atoms with Crippen LogP contribution in [0.5, 0.6) is 5.75 Å². The summed E-state index contributed by atoms with van der Waals surface area (Å²) in [6, 6.07) is 3.95. The van der Waals surface area contributed by atoms with Gasteiger partial charge in [-0.3, -0.25) is 4.79 Å². The van der Waals surface area contributed by atoms with Gasteiger partial charge in [-0.1, -0.05) is 39.3 Å². The van der Waals surface area contributed by atoms with Gasteiger partial charge in [-0.25, -0.2) is 0 Å². The third kappa shape index (κ3) is 4.73. The van der Waals surface area contributed by atoms with Crippen LogP contribution in [0.4, 0.5) is 0 Å². The molecular formula is C19H27NO4. The highest BCUT2D eigenvalue weighted by Gasteiger charge is 2.20. The molecule has 5 heteroatoms. The number of nitrogens with zero attached hydrogens (tertiary/aromatic N) is 1. The third-order valence-electron chi connectivity index (χ3n) is 3.77. The molecular weight excluding hydrogens is 306 g/mol. The molecule has 5 nitrogen and oxygen atoms in total. The molecule has 0 aliphatic rings. The van der Waals surface area contributed by atoms with Crippen LogP contribution >= 0.6 is 0 Å². The first-order valence-electron chi connectivity index (χ1n) is 8.56. The molecule has 0 unspecified atom stereocenters. The summed E-state index contributed by atoms with van der Waals surface area (Å²) in [5.41, 5.74) is 2.94. The van der Waals surface area contributed by atoms with Crippen LogP contribution in [0.15, 0.2) is 16.7 Å². The molecule has 2 aromatic rings. The number of carbonyl (C=O) groups is 1. The zero-order valence-corrected chi connectivity index (χ0v) is 15.0. The number of aliphatic carboxylic acids is 1. The normalized spacial score (nSPS) is 11.8. The minimum Gasteiger partial charge on any atom is -0.493 e. The van der Waals surface area contributed by atoms with Crippen LogP contribution in [0.2, 0.25) is 0 Å². The molecule has 132 valence electrons. The molecule has 1 N–H and O–H groups in total. The Hall–Kier alpha value is -2.04. The van der Waals surface area contributed by atoms with Crippen molar-refractivity contribution in [1.29, 1.82) is 0 Å². The first-order chi connectivity index (χ1) is 11.3. The molecule has 0 saturated heterocycles. The van der Waals surface area contributed by atoms with E-state index < -0.39 is 5.97 Å². The van der Waals surface area contributed by atoms with Gasteiger partial charge in [0.1, 0.15) is 5.75 Å². The van der Waals surface area contributed by atoms with Crippen molar-refractivity contribution in [3.63, 3.8) is 0 Å². The lowest BCUT2D eigenvalue weighted by Gasteiger charge is -2.16. The highest BCUT2D eigenvalue weighted by Crippen LogP contribution is 2.33. The second-order valence-electron chi connectivity index (χ2n) is 7.38. The maximum absolute atomic E-state index is 10.6. The van der Waals surface area contributed by atoms with Crippen molar-refractivity contribution in [1.82, 2.24) is 5.16 Å². The van der Waals surface area contributed by atoms with E-state index in [4.69, 9.17) is 14.4 Å². The van der Waals surface area contributed by atoms with Gasteiger partial charge in [0.05, 0.1) is 12.3 Å². The summed E-state index contributed by atoms with van der Waals surface area (Å²) in [4.78, 5) is 10.6. The van der Waals surface area contributed by atoms with E-state index in [1.807, 2.05) is 12.1 Å². The number of ether oxygens (including phenoxy) is 1. The Morgan fingerprint density at radius 1 is 1.33 bits per heavy atom. The van der Waals surface area contributed by atoms with Crippen molar-refractivity contribution in [3.8, 4) is 5.75 Å². The monoisotopic (exact) mass is 333 g/mol. The predicted octanol–water partition coefficient (Wildman–Crippen LogP) is 4.61. The van der Waals surface area contributed by atoms with E-state index in [0.29, 0.717) is 13.0 Å². The van der Waals surface area contributed by atoms with E-state index in [0.717, 1.165) is 47.2 Å². The quantitative estimate of drug-likeness (QED) is 0.714. The molecule has 0 spiro atoms. The predicted molar refractivity (Wildman–Crippen MR) is 93.5 cm³/mol. The Kier molecular flexibility index (Phi) is 5.86. The van der Waals surface area contributed by atoms with E-state index in [1.165, 1.54) is 0 Å². The van der Waals surface area contributed by atoms with Gasteiger partial charge < -0.3 is 14.4 Å². The molecule has 1 aromatic carbocycles. The minimum absolute atomic E-state index is 0.114. The van der Waals surface area contributed by atoms with Gasteiger partial charge in [0, 0.05) is 17.4 Å². The van der Waals surface area contributed by atoms with Crippen LogP contribution < -0.4 is 4.74 Å². The Morgan fingerprint density at radius 3 is 2.71 bits per heavy atom. The van der Waals surface area contributed by atoms with Crippen LogP contribution in [0.25, 0.3) is 11.0 Å². The van der Waals surface area contributed by atoms with E-state index in [2.05, 4.69) is 32.9 Å². The van der Waals surface area contributed by atoms with E-state index in [1.54, 1.807) is 0 Å². The molecule has 0 aliphatic carbocycles. The van der Waals surface area contributed by atoms with E-state index in [-0.39, 0.29) is 11.8 Å². The fourth-order valence-electron chi connectivity index (χ4n) is 2.75. The molecule has 1 aromatic heterocycles. The first-order valence-corrected chi connectivity index (χ1v) is 8.56. The number of benzene rings is 1. The summed E-state index contributed by atoms with van der Waals surface area (Å²) in [5.74, 6) is -0.0295. The van der Waals surface area contributed by atoms with Crippen molar-refractivity contribution in [3.05, 3.63) is 23.4 Å². The summed E-state index contributed by atoms with van der Waals surface area (Å²) >= 11 is 0. The fraction of sp³-hybridized carbons (Fsp3) is 0.579. The molecule has 0 fully saturated rings. The lowest BCUT2D eigenvalue weighted by atomic mass is 9.89. The minimum atomic E-state index is -0.801. The molecule has 0 amide bonds. The second-order valence-corrected chi connectivity index (χ2v) is 7.38. The Labute approximate surface area is 143 Å². The fourth-order valence-corrected chi connectivity index (χ4v) is 2.75. The SMILES string of the molecule is CCCc1c(OCCCC(=O)O)ccc2c(CC(C)(C)C)noc12. The second kappa shape index (κ2) is 7.69. The van der Waals surface area contributed by atoms with Gasteiger partial charge >= 0.3 is 5.97 Å². The number of hydrogen-bond acceptors (Lipinski definition) is 4. The number of rotatable bonds is 8. The number of carboxylic acids is 1. The molecule has 2 rings (SSSR count).